The molecule has 0 aliphatic rings. The molecule has 1 aromatic carbocycles. The lowest BCUT2D eigenvalue weighted by atomic mass is 10.0. The van der Waals surface area contributed by atoms with Crippen LogP contribution >= 0.6 is 0 Å². The van der Waals surface area contributed by atoms with Gasteiger partial charge in [-0.1, -0.05) is 32.9 Å². The van der Waals surface area contributed by atoms with Crippen LogP contribution in [0, 0.1) is 5.41 Å². The van der Waals surface area contributed by atoms with Gasteiger partial charge in [0.25, 0.3) is 0 Å². The molecule has 1 aromatic rings. The Labute approximate surface area is 114 Å². The van der Waals surface area contributed by atoms with Crippen LogP contribution in [0.5, 0.6) is 0 Å². The van der Waals surface area contributed by atoms with Crippen LogP contribution in [0.25, 0.3) is 0 Å². The number of hydrogen-bond acceptors (Lipinski definition) is 4. The molecule has 1 rings (SSSR count). The molecule has 0 saturated heterocycles. The summed E-state index contributed by atoms with van der Waals surface area (Å²) >= 11 is 0. The lowest BCUT2D eigenvalue weighted by Crippen LogP contribution is -2.27. The molecule has 5 nitrogen and oxygen atoms in total. The van der Waals surface area contributed by atoms with Gasteiger partial charge in [0, 0.05) is 0 Å². The number of sulfonamides is 1. The molecule has 0 spiro atoms. The summed E-state index contributed by atoms with van der Waals surface area (Å²) in [6.45, 7) is 5.50. The van der Waals surface area contributed by atoms with Gasteiger partial charge in [-0.05, 0) is 17.5 Å². The van der Waals surface area contributed by atoms with E-state index in [2.05, 4.69) is 9.46 Å². The Balaban J connectivity index is 3.03. The minimum absolute atomic E-state index is 0.0322. The summed E-state index contributed by atoms with van der Waals surface area (Å²) in [5, 5.41) is 0. The lowest BCUT2D eigenvalue weighted by Gasteiger charge is -2.19. The average molecular weight is 285 g/mol. The molecule has 0 bridgehead atoms. The van der Waals surface area contributed by atoms with E-state index < -0.39 is 16.0 Å². The SMILES string of the molecule is COC(=O)c1ccccc1NS(=O)(=O)CC(C)(C)C. The normalized spacial score (nSPS) is 12.0. The summed E-state index contributed by atoms with van der Waals surface area (Å²) in [6, 6.07) is 6.35. The zero-order valence-electron chi connectivity index (χ0n) is 11.6. The Morgan fingerprint density at radius 3 is 2.37 bits per heavy atom. The van der Waals surface area contributed by atoms with Crippen molar-refractivity contribution in [2.75, 3.05) is 17.6 Å². The number of rotatable bonds is 4. The number of benzene rings is 1. The quantitative estimate of drug-likeness (QED) is 0.861. The van der Waals surface area contributed by atoms with E-state index in [9.17, 15) is 13.2 Å². The third-order valence-corrected chi connectivity index (χ3v) is 4.00. The van der Waals surface area contributed by atoms with E-state index in [1.165, 1.54) is 19.2 Å². The van der Waals surface area contributed by atoms with E-state index in [4.69, 9.17) is 0 Å². The molecule has 0 unspecified atom stereocenters. The van der Waals surface area contributed by atoms with Crippen molar-refractivity contribution in [1.29, 1.82) is 0 Å². The average Bonchev–Trinajstić information content (AvgIpc) is 2.24. The number of para-hydroxylation sites is 1. The summed E-state index contributed by atoms with van der Waals surface area (Å²) < 4.78 is 31.1. The fourth-order valence-corrected chi connectivity index (χ4v) is 3.36. The molecule has 0 radical (unpaired) electrons. The van der Waals surface area contributed by atoms with E-state index in [0.717, 1.165) is 0 Å². The molecule has 0 atom stereocenters. The van der Waals surface area contributed by atoms with Gasteiger partial charge in [-0.25, -0.2) is 13.2 Å². The van der Waals surface area contributed by atoms with Crippen molar-refractivity contribution in [3.05, 3.63) is 29.8 Å². The van der Waals surface area contributed by atoms with Crippen molar-refractivity contribution >= 4 is 21.7 Å². The predicted octanol–water partition coefficient (Wildman–Crippen LogP) is 2.26. The minimum Gasteiger partial charge on any atom is -0.465 e. The number of hydrogen-bond donors (Lipinski definition) is 1. The van der Waals surface area contributed by atoms with Crippen LogP contribution in [0.3, 0.4) is 0 Å². The Kier molecular flexibility index (Phi) is 4.57. The van der Waals surface area contributed by atoms with Crippen molar-refractivity contribution in [1.82, 2.24) is 0 Å². The molecule has 0 aromatic heterocycles. The zero-order valence-corrected chi connectivity index (χ0v) is 12.4. The Morgan fingerprint density at radius 1 is 1.26 bits per heavy atom. The number of carbonyl (C=O) groups is 1. The van der Waals surface area contributed by atoms with Crippen LogP contribution in [0.1, 0.15) is 31.1 Å². The first-order chi connectivity index (χ1) is 8.64. The molecule has 0 heterocycles. The number of ether oxygens (including phenoxy) is 1. The topological polar surface area (TPSA) is 72.5 Å². The van der Waals surface area contributed by atoms with Crippen molar-refractivity contribution < 1.29 is 17.9 Å². The van der Waals surface area contributed by atoms with E-state index >= 15 is 0 Å². The molecular weight excluding hydrogens is 266 g/mol. The highest BCUT2D eigenvalue weighted by atomic mass is 32.2. The van der Waals surface area contributed by atoms with Crippen molar-refractivity contribution in [2.24, 2.45) is 5.41 Å². The first-order valence-corrected chi connectivity index (χ1v) is 7.48. The number of anilines is 1. The maximum Gasteiger partial charge on any atom is 0.339 e. The van der Waals surface area contributed by atoms with Gasteiger partial charge in [-0.2, -0.15) is 0 Å². The first kappa shape index (κ1) is 15.5. The number of methoxy groups -OCH3 is 1. The molecule has 0 aliphatic carbocycles. The van der Waals surface area contributed by atoms with Crippen molar-refractivity contribution in [3.63, 3.8) is 0 Å². The third-order valence-electron chi connectivity index (χ3n) is 2.22. The van der Waals surface area contributed by atoms with E-state index in [1.807, 2.05) is 20.8 Å². The molecule has 0 saturated carbocycles. The molecule has 106 valence electrons. The third kappa shape index (κ3) is 4.90. The molecular formula is C13H19NO4S. The second-order valence-corrected chi connectivity index (χ2v) is 7.18. The van der Waals surface area contributed by atoms with E-state index in [1.54, 1.807) is 12.1 Å². The highest BCUT2D eigenvalue weighted by Gasteiger charge is 2.23. The maximum atomic E-state index is 12.0. The van der Waals surface area contributed by atoms with Crippen molar-refractivity contribution in [3.8, 4) is 0 Å². The predicted molar refractivity (Wildman–Crippen MR) is 74.6 cm³/mol. The largest absolute Gasteiger partial charge is 0.465 e. The summed E-state index contributed by atoms with van der Waals surface area (Å²) in [4.78, 5) is 11.5. The van der Waals surface area contributed by atoms with Crippen LogP contribution in [0.15, 0.2) is 24.3 Å². The Hall–Kier alpha value is -1.56. The lowest BCUT2D eigenvalue weighted by molar-refractivity contribution is 0.0602. The fourth-order valence-electron chi connectivity index (χ4n) is 1.63. The Morgan fingerprint density at radius 2 is 1.84 bits per heavy atom. The standard InChI is InChI=1S/C13H19NO4S/c1-13(2,3)9-19(16,17)14-11-8-6-5-7-10(11)12(15)18-4/h5-8,14H,9H2,1-4H3. The van der Waals surface area contributed by atoms with Gasteiger partial charge in [0.2, 0.25) is 10.0 Å². The molecule has 6 heteroatoms. The molecule has 0 amide bonds. The van der Waals surface area contributed by atoms with Gasteiger partial charge in [0.05, 0.1) is 24.1 Å². The van der Waals surface area contributed by atoms with Gasteiger partial charge in [-0.15, -0.1) is 0 Å². The number of esters is 1. The van der Waals surface area contributed by atoms with Gasteiger partial charge in [-0.3, -0.25) is 4.72 Å². The fraction of sp³-hybridized carbons (Fsp3) is 0.462. The summed E-state index contributed by atoms with van der Waals surface area (Å²) in [5.74, 6) is -0.607. The van der Waals surface area contributed by atoms with Crippen LogP contribution in [-0.4, -0.2) is 27.2 Å². The maximum absolute atomic E-state index is 12.0. The van der Waals surface area contributed by atoms with Crippen LogP contribution in [-0.2, 0) is 14.8 Å². The monoisotopic (exact) mass is 285 g/mol. The molecule has 19 heavy (non-hydrogen) atoms. The van der Waals surface area contributed by atoms with Crippen LogP contribution < -0.4 is 4.72 Å². The van der Waals surface area contributed by atoms with Crippen LogP contribution in [0.2, 0.25) is 0 Å². The number of carbonyl (C=O) groups excluding carboxylic acids is 1. The molecule has 0 aliphatic heterocycles. The van der Waals surface area contributed by atoms with Gasteiger partial charge in [0.1, 0.15) is 0 Å². The Bertz CT molecular complexity index is 558. The summed E-state index contributed by atoms with van der Waals surface area (Å²) in [7, 11) is -2.26. The van der Waals surface area contributed by atoms with Gasteiger partial charge in [0.15, 0.2) is 0 Å². The summed E-state index contributed by atoms with van der Waals surface area (Å²) in [5.41, 5.74) is 0.0626. The second kappa shape index (κ2) is 5.61. The van der Waals surface area contributed by atoms with Crippen molar-refractivity contribution in [2.45, 2.75) is 20.8 Å². The zero-order chi connectivity index (χ0) is 14.7. The van der Waals surface area contributed by atoms with Crippen LogP contribution in [0.4, 0.5) is 5.69 Å². The minimum atomic E-state index is -3.51. The smallest absolute Gasteiger partial charge is 0.339 e. The highest BCUT2D eigenvalue weighted by Crippen LogP contribution is 2.21. The highest BCUT2D eigenvalue weighted by molar-refractivity contribution is 7.92. The van der Waals surface area contributed by atoms with Gasteiger partial charge < -0.3 is 4.74 Å². The molecule has 0 fully saturated rings. The molecule has 1 N–H and O–H groups in total. The second-order valence-electron chi connectivity index (χ2n) is 5.46. The van der Waals surface area contributed by atoms with E-state index in [-0.39, 0.29) is 22.4 Å². The number of nitrogens with one attached hydrogen (secondary N) is 1. The summed E-state index contributed by atoms with van der Waals surface area (Å²) in [6.07, 6.45) is 0. The van der Waals surface area contributed by atoms with E-state index in [0.29, 0.717) is 0 Å². The first-order valence-electron chi connectivity index (χ1n) is 5.82. The van der Waals surface area contributed by atoms with Gasteiger partial charge >= 0.3 is 5.97 Å².